The summed E-state index contributed by atoms with van der Waals surface area (Å²) in [5.74, 6) is -0.121. The van der Waals surface area contributed by atoms with Crippen LogP contribution in [-0.4, -0.2) is 30.6 Å². The van der Waals surface area contributed by atoms with Crippen LogP contribution in [0.15, 0.2) is 24.2 Å². The van der Waals surface area contributed by atoms with Crippen molar-refractivity contribution >= 4 is 0 Å². The van der Waals surface area contributed by atoms with Crippen molar-refractivity contribution in [3.05, 3.63) is 24.2 Å². The van der Waals surface area contributed by atoms with Crippen molar-refractivity contribution in [2.45, 2.75) is 18.9 Å². The molecule has 1 fully saturated rings. The van der Waals surface area contributed by atoms with Crippen molar-refractivity contribution in [2.75, 3.05) is 19.6 Å². The molecule has 1 saturated heterocycles. The van der Waals surface area contributed by atoms with E-state index in [1.807, 2.05) is 6.08 Å². The van der Waals surface area contributed by atoms with Crippen LogP contribution in [0.2, 0.25) is 0 Å². The molecule has 2 heterocycles. The third-order valence-corrected chi connectivity index (χ3v) is 2.66. The zero-order valence-corrected chi connectivity index (χ0v) is 7.67. The quantitative estimate of drug-likeness (QED) is 0.659. The molecule has 2 aliphatic rings. The predicted octanol–water partition coefficient (Wildman–Crippen LogP) is 1.42. The highest BCUT2D eigenvalue weighted by molar-refractivity contribution is 5.16. The summed E-state index contributed by atoms with van der Waals surface area (Å²) in [6.45, 7) is 2.97. The average molecular weight is 182 g/mol. The highest BCUT2D eigenvalue weighted by Crippen LogP contribution is 2.17. The number of nitrogens with zero attached hydrogens (tertiary/aromatic N) is 1. The lowest BCUT2D eigenvalue weighted by Crippen LogP contribution is -2.41. The van der Waals surface area contributed by atoms with Gasteiger partial charge in [-0.1, -0.05) is 6.08 Å². The monoisotopic (exact) mass is 182 g/mol. The fraction of sp³-hybridized carbons (Fsp3) is 0.600. The lowest BCUT2D eigenvalue weighted by atomic mass is 10.0. The highest BCUT2D eigenvalue weighted by atomic mass is 19.1. The molecule has 2 nitrogen and oxygen atoms in total. The Bertz CT molecular complexity index is 229. The van der Waals surface area contributed by atoms with Crippen molar-refractivity contribution in [1.82, 2.24) is 10.2 Å². The molecular formula is C10H15FN2. The molecule has 0 saturated carbocycles. The summed E-state index contributed by atoms with van der Waals surface area (Å²) < 4.78 is 12.9. The Morgan fingerprint density at radius 2 is 2.15 bits per heavy atom. The molecule has 0 radical (unpaired) electrons. The van der Waals surface area contributed by atoms with Crippen molar-refractivity contribution in [3.63, 3.8) is 0 Å². The molecule has 0 amide bonds. The Morgan fingerprint density at radius 3 is 2.85 bits per heavy atom. The first-order valence-electron chi connectivity index (χ1n) is 4.86. The summed E-state index contributed by atoms with van der Waals surface area (Å²) in [6.07, 6.45) is 7.31. The Hall–Kier alpha value is -0.830. The van der Waals surface area contributed by atoms with Gasteiger partial charge in [0.15, 0.2) is 0 Å². The second-order valence-corrected chi connectivity index (χ2v) is 3.59. The van der Waals surface area contributed by atoms with Crippen LogP contribution in [0.5, 0.6) is 0 Å². The summed E-state index contributed by atoms with van der Waals surface area (Å²) in [6, 6.07) is 0.525. The first-order valence-corrected chi connectivity index (χ1v) is 4.86. The Morgan fingerprint density at radius 1 is 1.38 bits per heavy atom. The Labute approximate surface area is 78.1 Å². The van der Waals surface area contributed by atoms with Gasteiger partial charge in [0.1, 0.15) is 5.83 Å². The summed E-state index contributed by atoms with van der Waals surface area (Å²) in [4.78, 5) is 2.11. The molecule has 0 aromatic carbocycles. The maximum absolute atomic E-state index is 12.9. The minimum Gasteiger partial charge on any atom is -0.368 e. The molecule has 0 bridgehead atoms. The van der Waals surface area contributed by atoms with E-state index in [4.69, 9.17) is 0 Å². The third-order valence-electron chi connectivity index (χ3n) is 2.66. The molecular weight excluding hydrogens is 167 g/mol. The summed E-state index contributed by atoms with van der Waals surface area (Å²) >= 11 is 0. The van der Waals surface area contributed by atoms with E-state index in [-0.39, 0.29) is 5.83 Å². The maximum Gasteiger partial charge on any atom is 0.138 e. The zero-order chi connectivity index (χ0) is 9.10. The van der Waals surface area contributed by atoms with Crippen molar-refractivity contribution in [2.24, 2.45) is 0 Å². The molecule has 0 atom stereocenters. The summed E-state index contributed by atoms with van der Waals surface area (Å²) in [5, 5.41) is 3.31. The molecule has 0 unspecified atom stereocenters. The molecule has 72 valence electrons. The van der Waals surface area contributed by atoms with Crippen LogP contribution in [0.1, 0.15) is 12.8 Å². The minimum absolute atomic E-state index is 0.121. The van der Waals surface area contributed by atoms with E-state index in [1.54, 1.807) is 6.20 Å². The summed E-state index contributed by atoms with van der Waals surface area (Å²) in [7, 11) is 0. The number of hydrogen-bond donors (Lipinski definition) is 1. The molecule has 1 N–H and O–H groups in total. The molecule has 2 aliphatic heterocycles. The van der Waals surface area contributed by atoms with Gasteiger partial charge in [0.2, 0.25) is 0 Å². The van der Waals surface area contributed by atoms with E-state index in [9.17, 15) is 4.39 Å². The van der Waals surface area contributed by atoms with Gasteiger partial charge in [-0.05, 0) is 32.0 Å². The molecule has 0 aromatic rings. The van der Waals surface area contributed by atoms with Gasteiger partial charge in [0.05, 0.1) is 0 Å². The van der Waals surface area contributed by atoms with E-state index in [1.165, 1.54) is 6.08 Å². The first kappa shape index (κ1) is 8.75. The number of nitrogens with one attached hydrogen (secondary N) is 1. The van der Waals surface area contributed by atoms with Gasteiger partial charge in [-0.2, -0.15) is 0 Å². The third kappa shape index (κ3) is 2.10. The van der Waals surface area contributed by atoms with Crippen LogP contribution in [0, 0.1) is 0 Å². The minimum atomic E-state index is -0.121. The zero-order valence-electron chi connectivity index (χ0n) is 7.67. The van der Waals surface area contributed by atoms with Gasteiger partial charge in [-0.3, -0.25) is 0 Å². The van der Waals surface area contributed by atoms with E-state index in [0.717, 1.165) is 32.5 Å². The van der Waals surface area contributed by atoms with E-state index in [0.29, 0.717) is 6.04 Å². The maximum atomic E-state index is 12.9. The lowest BCUT2D eigenvalue weighted by molar-refractivity contribution is 0.237. The van der Waals surface area contributed by atoms with Crippen LogP contribution < -0.4 is 5.32 Å². The second kappa shape index (κ2) is 3.92. The molecule has 2 rings (SSSR count). The molecule has 0 aromatic heterocycles. The fourth-order valence-electron chi connectivity index (χ4n) is 1.93. The standard InChI is InChI=1S/C10H15FN2/c11-9-2-1-7-13(8-9)10-3-5-12-6-4-10/h1-2,8,10,12H,3-7H2. The second-order valence-electron chi connectivity index (χ2n) is 3.59. The highest BCUT2D eigenvalue weighted by Gasteiger charge is 2.19. The van der Waals surface area contributed by atoms with E-state index in [2.05, 4.69) is 10.2 Å². The SMILES string of the molecule is FC1=CN(C2CCNCC2)CC=C1. The van der Waals surface area contributed by atoms with Crippen LogP contribution in [0.4, 0.5) is 4.39 Å². The van der Waals surface area contributed by atoms with Crippen LogP contribution in [0.25, 0.3) is 0 Å². The first-order chi connectivity index (χ1) is 6.36. The van der Waals surface area contributed by atoms with Gasteiger partial charge >= 0.3 is 0 Å². The van der Waals surface area contributed by atoms with Gasteiger partial charge in [-0.15, -0.1) is 0 Å². The smallest absolute Gasteiger partial charge is 0.138 e. The Kier molecular flexibility index (Phi) is 2.64. The number of allylic oxidation sites excluding steroid dienone is 2. The van der Waals surface area contributed by atoms with Crippen molar-refractivity contribution in [3.8, 4) is 0 Å². The van der Waals surface area contributed by atoms with Gasteiger partial charge in [0.25, 0.3) is 0 Å². The molecule has 0 spiro atoms. The number of halogens is 1. The Balaban J connectivity index is 1.96. The molecule has 3 heteroatoms. The summed E-state index contributed by atoms with van der Waals surface area (Å²) in [5.41, 5.74) is 0. The van der Waals surface area contributed by atoms with Gasteiger partial charge in [-0.25, -0.2) is 4.39 Å². The van der Waals surface area contributed by atoms with Gasteiger partial charge < -0.3 is 10.2 Å². The normalized spacial score (nSPS) is 24.7. The lowest BCUT2D eigenvalue weighted by Gasteiger charge is -2.34. The predicted molar refractivity (Wildman–Crippen MR) is 50.9 cm³/mol. The largest absolute Gasteiger partial charge is 0.368 e. The molecule has 13 heavy (non-hydrogen) atoms. The van der Waals surface area contributed by atoms with Gasteiger partial charge in [0, 0.05) is 18.8 Å². The molecule has 0 aliphatic carbocycles. The van der Waals surface area contributed by atoms with Crippen molar-refractivity contribution in [1.29, 1.82) is 0 Å². The number of hydrogen-bond acceptors (Lipinski definition) is 2. The topological polar surface area (TPSA) is 15.3 Å². The van der Waals surface area contributed by atoms with Crippen molar-refractivity contribution < 1.29 is 4.39 Å². The van der Waals surface area contributed by atoms with Crippen LogP contribution in [0.3, 0.4) is 0 Å². The van der Waals surface area contributed by atoms with E-state index >= 15 is 0 Å². The average Bonchev–Trinajstić information content (AvgIpc) is 2.19. The number of piperidine rings is 1. The van der Waals surface area contributed by atoms with Crippen LogP contribution in [-0.2, 0) is 0 Å². The fourth-order valence-corrected chi connectivity index (χ4v) is 1.93. The van der Waals surface area contributed by atoms with E-state index < -0.39 is 0 Å². The van der Waals surface area contributed by atoms with Crippen LogP contribution >= 0.6 is 0 Å². The number of rotatable bonds is 1.